The molecule has 0 saturated carbocycles. The van der Waals surface area contributed by atoms with Crippen molar-refractivity contribution < 1.29 is 4.42 Å². The third-order valence-corrected chi connectivity index (χ3v) is 1.57. The lowest BCUT2D eigenvalue weighted by Gasteiger charge is -1.95. The van der Waals surface area contributed by atoms with Crippen molar-refractivity contribution in [1.82, 2.24) is 9.55 Å². The fraction of sp³-hybridized carbons (Fsp3) is 0.125. The van der Waals surface area contributed by atoms with Gasteiger partial charge in [-0.1, -0.05) is 0 Å². The van der Waals surface area contributed by atoms with Crippen LogP contribution in [0, 0.1) is 0 Å². The molecule has 62 valence electrons. The van der Waals surface area contributed by atoms with E-state index in [4.69, 9.17) is 10.2 Å². The second-order valence-electron chi connectivity index (χ2n) is 2.55. The predicted octanol–water partition coefficient (Wildman–Crippen LogP) is 1.11. The lowest BCUT2D eigenvalue weighted by Crippen LogP contribution is -1.94. The van der Waals surface area contributed by atoms with Crippen LogP contribution in [0.3, 0.4) is 0 Å². The normalized spacial score (nSPS) is 10.3. The molecule has 4 heteroatoms. The SMILES string of the molecule is Nc1cn(Cc2ccco2)cn1. The van der Waals surface area contributed by atoms with Gasteiger partial charge >= 0.3 is 0 Å². The largest absolute Gasteiger partial charge is 0.467 e. The third kappa shape index (κ3) is 1.32. The number of furan rings is 1. The Balaban J connectivity index is 2.14. The Morgan fingerprint density at radius 3 is 3.08 bits per heavy atom. The van der Waals surface area contributed by atoms with Crippen molar-refractivity contribution in [3.8, 4) is 0 Å². The minimum Gasteiger partial charge on any atom is -0.467 e. The summed E-state index contributed by atoms with van der Waals surface area (Å²) in [5.41, 5.74) is 5.45. The highest BCUT2D eigenvalue weighted by Gasteiger charge is 1.97. The number of nitrogen functional groups attached to an aromatic ring is 1. The maximum Gasteiger partial charge on any atom is 0.141 e. The quantitative estimate of drug-likeness (QED) is 0.721. The van der Waals surface area contributed by atoms with Crippen LogP contribution in [0.1, 0.15) is 5.76 Å². The second-order valence-corrected chi connectivity index (χ2v) is 2.55. The van der Waals surface area contributed by atoms with E-state index in [9.17, 15) is 0 Å². The van der Waals surface area contributed by atoms with Gasteiger partial charge in [-0.05, 0) is 12.1 Å². The zero-order valence-electron chi connectivity index (χ0n) is 6.47. The molecule has 0 radical (unpaired) electrons. The first-order valence-corrected chi connectivity index (χ1v) is 3.64. The summed E-state index contributed by atoms with van der Waals surface area (Å²) in [7, 11) is 0. The molecule has 2 N–H and O–H groups in total. The zero-order chi connectivity index (χ0) is 8.39. The van der Waals surface area contributed by atoms with Gasteiger partial charge in [0.05, 0.1) is 19.1 Å². The molecule has 0 atom stereocenters. The fourth-order valence-electron chi connectivity index (χ4n) is 1.05. The van der Waals surface area contributed by atoms with Gasteiger partial charge in [-0.25, -0.2) is 4.98 Å². The Hall–Kier alpha value is -1.71. The van der Waals surface area contributed by atoms with E-state index in [1.165, 1.54) is 0 Å². The molecule has 2 rings (SSSR count). The summed E-state index contributed by atoms with van der Waals surface area (Å²) in [4.78, 5) is 3.90. The van der Waals surface area contributed by atoms with Gasteiger partial charge < -0.3 is 14.7 Å². The molecular formula is C8H9N3O. The molecule has 4 nitrogen and oxygen atoms in total. The molecule has 12 heavy (non-hydrogen) atoms. The van der Waals surface area contributed by atoms with E-state index >= 15 is 0 Å². The Labute approximate surface area is 69.6 Å². The summed E-state index contributed by atoms with van der Waals surface area (Å²) in [6.45, 7) is 0.678. The Morgan fingerprint density at radius 2 is 2.50 bits per heavy atom. The van der Waals surface area contributed by atoms with E-state index in [0.717, 1.165) is 5.76 Å². The van der Waals surface area contributed by atoms with E-state index in [2.05, 4.69) is 4.98 Å². The molecule has 0 saturated heterocycles. The molecule has 2 aromatic rings. The van der Waals surface area contributed by atoms with Gasteiger partial charge in [-0.2, -0.15) is 0 Å². The molecule has 0 fully saturated rings. The first-order chi connectivity index (χ1) is 5.84. The van der Waals surface area contributed by atoms with E-state index in [0.29, 0.717) is 12.4 Å². The first-order valence-electron chi connectivity index (χ1n) is 3.64. The van der Waals surface area contributed by atoms with Crippen molar-refractivity contribution in [2.75, 3.05) is 5.73 Å². The van der Waals surface area contributed by atoms with Crippen molar-refractivity contribution in [1.29, 1.82) is 0 Å². The smallest absolute Gasteiger partial charge is 0.141 e. The summed E-state index contributed by atoms with van der Waals surface area (Å²) >= 11 is 0. The zero-order valence-corrected chi connectivity index (χ0v) is 6.47. The molecule has 0 aromatic carbocycles. The molecule has 0 aliphatic rings. The summed E-state index contributed by atoms with van der Waals surface area (Å²) in [5, 5.41) is 0. The summed E-state index contributed by atoms with van der Waals surface area (Å²) in [5.74, 6) is 1.42. The average Bonchev–Trinajstić information content (AvgIpc) is 2.63. The lowest BCUT2D eigenvalue weighted by atomic mass is 10.4. The number of anilines is 1. The van der Waals surface area contributed by atoms with Crippen LogP contribution < -0.4 is 5.73 Å². The van der Waals surface area contributed by atoms with Crippen LogP contribution in [0.15, 0.2) is 35.3 Å². The van der Waals surface area contributed by atoms with Crippen LogP contribution in [-0.4, -0.2) is 9.55 Å². The van der Waals surface area contributed by atoms with Crippen molar-refractivity contribution in [2.24, 2.45) is 0 Å². The Morgan fingerprint density at radius 1 is 1.58 bits per heavy atom. The second kappa shape index (κ2) is 2.73. The maximum atomic E-state index is 5.45. The monoisotopic (exact) mass is 163 g/mol. The molecule has 0 aliphatic heterocycles. The highest BCUT2D eigenvalue weighted by molar-refractivity contribution is 5.22. The summed E-state index contributed by atoms with van der Waals surface area (Å²) in [6, 6.07) is 3.77. The molecule has 0 bridgehead atoms. The Kier molecular flexibility index (Phi) is 1.59. The molecule has 0 aliphatic carbocycles. The number of nitrogens with zero attached hydrogens (tertiary/aromatic N) is 2. The highest BCUT2D eigenvalue weighted by Crippen LogP contribution is 2.04. The molecule has 2 aromatic heterocycles. The minimum absolute atomic E-state index is 0.529. The standard InChI is InChI=1S/C8H9N3O/c9-8-5-11(6-10-8)4-7-2-1-3-12-7/h1-3,5-6H,4,9H2. The molecule has 2 heterocycles. The van der Waals surface area contributed by atoms with Crippen LogP contribution in [-0.2, 0) is 6.54 Å². The van der Waals surface area contributed by atoms with Gasteiger partial charge in [0.1, 0.15) is 11.6 Å². The van der Waals surface area contributed by atoms with Gasteiger partial charge in [-0.3, -0.25) is 0 Å². The summed E-state index contributed by atoms with van der Waals surface area (Å²) < 4.78 is 7.03. The number of hydrogen-bond acceptors (Lipinski definition) is 3. The van der Waals surface area contributed by atoms with E-state index in [1.807, 2.05) is 16.7 Å². The number of nitrogens with two attached hydrogens (primary N) is 1. The van der Waals surface area contributed by atoms with E-state index in [-0.39, 0.29) is 0 Å². The van der Waals surface area contributed by atoms with E-state index in [1.54, 1.807) is 18.8 Å². The minimum atomic E-state index is 0.529. The van der Waals surface area contributed by atoms with Crippen LogP contribution in [0.25, 0.3) is 0 Å². The third-order valence-electron chi connectivity index (χ3n) is 1.57. The van der Waals surface area contributed by atoms with Crippen LogP contribution in [0.4, 0.5) is 5.82 Å². The van der Waals surface area contributed by atoms with Crippen molar-refractivity contribution >= 4 is 5.82 Å². The van der Waals surface area contributed by atoms with Gasteiger partial charge in [0.15, 0.2) is 0 Å². The van der Waals surface area contributed by atoms with Crippen molar-refractivity contribution in [3.05, 3.63) is 36.7 Å². The fourth-order valence-corrected chi connectivity index (χ4v) is 1.05. The number of hydrogen-bond donors (Lipinski definition) is 1. The van der Waals surface area contributed by atoms with Gasteiger partial charge in [0.2, 0.25) is 0 Å². The van der Waals surface area contributed by atoms with Crippen molar-refractivity contribution in [3.63, 3.8) is 0 Å². The highest BCUT2D eigenvalue weighted by atomic mass is 16.3. The Bertz CT molecular complexity index is 350. The van der Waals surface area contributed by atoms with E-state index < -0.39 is 0 Å². The lowest BCUT2D eigenvalue weighted by molar-refractivity contribution is 0.493. The predicted molar refractivity (Wildman–Crippen MR) is 44.4 cm³/mol. The summed E-state index contributed by atoms with van der Waals surface area (Å²) in [6.07, 6.45) is 5.09. The van der Waals surface area contributed by atoms with Crippen LogP contribution >= 0.6 is 0 Å². The maximum absolute atomic E-state index is 5.45. The topological polar surface area (TPSA) is 57.0 Å². The molecule has 0 unspecified atom stereocenters. The molecular weight excluding hydrogens is 154 g/mol. The number of rotatable bonds is 2. The number of aromatic nitrogens is 2. The van der Waals surface area contributed by atoms with Crippen LogP contribution in [0.5, 0.6) is 0 Å². The number of imidazole rings is 1. The van der Waals surface area contributed by atoms with Gasteiger partial charge in [0, 0.05) is 6.20 Å². The van der Waals surface area contributed by atoms with Crippen LogP contribution in [0.2, 0.25) is 0 Å². The first kappa shape index (κ1) is 6.97. The molecule has 0 amide bonds. The van der Waals surface area contributed by atoms with Gasteiger partial charge in [0.25, 0.3) is 0 Å². The average molecular weight is 163 g/mol. The molecule has 0 spiro atoms. The van der Waals surface area contributed by atoms with Crippen molar-refractivity contribution in [2.45, 2.75) is 6.54 Å². The van der Waals surface area contributed by atoms with Gasteiger partial charge in [-0.15, -0.1) is 0 Å².